The van der Waals surface area contributed by atoms with Crippen LogP contribution in [0.5, 0.6) is 11.5 Å². The monoisotopic (exact) mass is 852 g/mol. The lowest BCUT2D eigenvalue weighted by molar-refractivity contribution is -0.670. The molecule has 7 rings (SSSR count). The number of amides is 1. The molecule has 0 fully saturated rings. The summed E-state index contributed by atoms with van der Waals surface area (Å²) in [6.45, 7) is 12.2. The number of rotatable bonds is 16. The van der Waals surface area contributed by atoms with E-state index in [2.05, 4.69) is 135 Å². The van der Waals surface area contributed by atoms with Crippen molar-refractivity contribution in [2.75, 3.05) is 39.4 Å². The predicted octanol–water partition coefficient (Wildman–Crippen LogP) is 10.6. The Morgan fingerprint density at radius 3 is 1.98 bits per heavy atom. The molecule has 5 aromatic carbocycles. The van der Waals surface area contributed by atoms with Crippen LogP contribution in [-0.2, 0) is 26.1 Å². The lowest BCUT2D eigenvalue weighted by Crippen LogP contribution is -2.49. The summed E-state index contributed by atoms with van der Waals surface area (Å²) in [6.07, 6.45) is 4.62. The van der Waals surface area contributed by atoms with E-state index >= 15 is 0 Å². The van der Waals surface area contributed by atoms with E-state index in [-0.39, 0.29) is 24.0 Å². The Labute approximate surface area is 366 Å². The number of pyridine rings is 1. The number of carbonyl (C=O) groups is 1. The molecule has 1 aliphatic heterocycles. The summed E-state index contributed by atoms with van der Waals surface area (Å²) in [7, 11) is 3.25. The van der Waals surface area contributed by atoms with E-state index < -0.39 is 20.0 Å². The molecule has 0 radical (unpaired) electrons. The quantitative estimate of drug-likeness (QED) is 0.0591. The number of hydrogen-bond acceptors (Lipinski definition) is 7. The van der Waals surface area contributed by atoms with Gasteiger partial charge in [0.25, 0.3) is 0 Å². The molecule has 61 heavy (non-hydrogen) atoms. The van der Waals surface area contributed by atoms with Gasteiger partial charge in [-0.15, -0.1) is 0 Å². The Morgan fingerprint density at radius 1 is 0.770 bits per heavy atom. The minimum absolute atomic E-state index is 0.0158. The van der Waals surface area contributed by atoms with Crippen molar-refractivity contribution in [2.45, 2.75) is 68.4 Å². The number of thioether (sulfide) groups is 1. The number of nitrogens with one attached hydrogen (secondary N) is 1. The highest BCUT2D eigenvalue weighted by molar-refractivity contribution is 8.03. The molecule has 0 bridgehead atoms. The first-order valence-corrected chi connectivity index (χ1v) is 24.6. The molecule has 2 heterocycles. The zero-order valence-electron chi connectivity index (χ0n) is 36.6. The number of aromatic nitrogens is 1. The molecule has 316 valence electrons. The molecule has 0 saturated heterocycles. The van der Waals surface area contributed by atoms with Crippen LogP contribution in [0.25, 0.3) is 17.0 Å². The van der Waals surface area contributed by atoms with E-state index in [4.69, 9.17) is 18.6 Å². The Morgan fingerprint density at radius 2 is 1.36 bits per heavy atom. The van der Waals surface area contributed by atoms with Crippen LogP contribution in [0.15, 0.2) is 150 Å². The zero-order valence-corrected chi connectivity index (χ0v) is 38.4. The number of ether oxygens (including phenoxy) is 3. The van der Waals surface area contributed by atoms with Gasteiger partial charge in [0.15, 0.2) is 21.1 Å². The van der Waals surface area contributed by atoms with Crippen LogP contribution in [0.4, 0.5) is 5.69 Å². The molecular weight excluding hydrogens is 795 g/mol. The Hall–Kier alpha value is -5.39. The van der Waals surface area contributed by atoms with Gasteiger partial charge in [-0.25, -0.2) is 0 Å². The summed E-state index contributed by atoms with van der Waals surface area (Å²) in [5.41, 5.74) is 5.17. The minimum Gasteiger partial charge on any atom is -0.497 e. The van der Waals surface area contributed by atoms with E-state index in [1.165, 1.54) is 15.6 Å². The molecule has 6 aromatic rings. The fourth-order valence-corrected chi connectivity index (χ4v) is 9.64. The van der Waals surface area contributed by atoms with Gasteiger partial charge in [0, 0.05) is 24.1 Å². The third kappa shape index (κ3) is 9.58. The van der Waals surface area contributed by atoms with Gasteiger partial charge in [0.05, 0.1) is 56.0 Å². The smallest absolute Gasteiger partial charge is 0.226 e. The average molecular weight is 853 g/mol. The van der Waals surface area contributed by atoms with Crippen molar-refractivity contribution < 1.29 is 28.0 Å². The number of fused-ring (bicyclic) bond motifs is 2. The number of aryl methyl sites for hydroxylation is 1. The number of benzene rings is 5. The van der Waals surface area contributed by atoms with Gasteiger partial charge in [-0.1, -0.05) is 111 Å². The maximum absolute atomic E-state index is 14.1. The normalized spacial score (nSPS) is 14.2. The van der Waals surface area contributed by atoms with E-state index in [0.717, 1.165) is 44.7 Å². The first-order chi connectivity index (χ1) is 29.3. The molecule has 0 unspecified atom stereocenters. The molecule has 1 N–H and O–H groups in total. The second-order valence-electron chi connectivity index (χ2n) is 17.0. The topological polar surface area (TPSA) is 73.1 Å². The fourth-order valence-electron chi connectivity index (χ4n) is 7.49. The van der Waals surface area contributed by atoms with Gasteiger partial charge >= 0.3 is 0 Å². The van der Waals surface area contributed by atoms with E-state index in [1.54, 1.807) is 26.0 Å². The highest BCUT2D eigenvalue weighted by Crippen LogP contribution is 2.46. The van der Waals surface area contributed by atoms with Gasteiger partial charge in [0.1, 0.15) is 17.1 Å². The number of carbonyl (C=O) groups excluding carboxylic acids is 1. The summed E-state index contributed by atoms with van der Waals surface area (Å²) < 4.78 is 27.4. The predicted molar refractivity (Wildman–Crippen MR) is 251 cm³/mol. The first-order valence-electron chi connectivity index (χ1n) is 20.9. The maximum atomic E-state index is 14.1. The van der Waals surface area contributed by atoms with Crippen LogP contribution in [0.2, 0.25) is 18.1 Å². The largest absolute Gasteiger partial charge is 0.497 e. The van der Waals surface area contributed by atoms with Crippen LogP contribution in [-0.4, -0.2) is 54.7 Å². The number of nitrogens with zero attached hydrogens (tertiary/aromatic N) is 2. The Balaban J connectivity index is 1.16. The summed E-state index contributed by atoms with van der Waals surface area (Å²) in [5, 5.41) is 5.65. The van der Waals surface area contributed by atoms with Gasteiger partial charge in [-0.2, -0.15) is 4.57 Å². The number of anilines is 1. The molecule has 0 saturated carbocycles. The summed E-state index contributed by atoms with van der Waals surface area (Å²) in [4.78, 5) is 17.6. The number of para-hydroxylation sites is 2. The summed E-state index contributed by atoms with van der Waals surface area (Å²) in [5.74, 6) is 1.42. The van der Waals surface area contributed by atoms with Gasteiger partial charge in [-0.3, -0.25) is 4.79 Å². The van der Waals surface area contributed by atoms with E-state index in [9.17, 15) is 4.79 Å². The van der Waals surface area contributed by atoms with Crippen molar-refractivity contribution >= 4 is 48.7 Å². The van der Waals surface area contributed by atoms with Crippen molar-refractivity contribution in [3.05, 3.63) is 167 Å². The molecule has 1 atom stereocenters. The van der Waals surface area contributed by atoms with Crippen molar-refractivity contribution in [1.29, 1.82) is 0 Å². The third-order valence-corrected chi connectivity index (χ3v) is 17.7. The Bertz CT molecular complexity index is 2420. The molecule has 10 heteroatoms. The molecular formula is C51H58N3O5SSi+. The Kier molecular flexibility index (Phi) is 13.4. The SMILES string of the molecule is COc1ccc(C(OC[C@@H](CO[Si](C)(C)C(C)(C)C)NC(=O)CC[n+]2ccc(C=C3Sc4ccccc4N3C)c3ccccc32)(c2ccccc2)c2ccc(OC)cc2)cc1. The molecule has 0 aliphatic carbocycles. The van der Waals surface area contributed by atoms with Crippen LogP contribution >= 0.6 is 11.8 Å². The molecule has 1 aliphatic rings. The standard InChI is InChI=1S/C51H57N3O5SSi/c1-50(2,3)61(7,8)59-36-41(35-58-51(38-16-10-9-11-17-38,39-22-26-42(56-5)27-23-39)40-24-28-43(57-6)29-25-40)52-48(55)31-33-54-32-30-37(44-18-12-13-19-45(44)54)34-49-53(4)46-20-14-15-21-47(46)60-49/h9-30,32,34,41H,31,33,35-36H2,1-8H3/p+1/t41-/m0/s1. The lowest BCUT2D eigenvalue weighted by atomic mass is 9.80. The summed E-state index contributed by atoms with van der Waals surface area (Å²) >= 11 is 1.78. The highest BCUT2D eigenvalue weighted by atomic mass is 32.2. The first kappa shape index (κ1) is 43.7. The van der Waals surface area contributed by atoms with Crippen molar-refractivity contribution in [3.63, 3.8) is 0 Å². The van der Waals surface area contributed by atoms with Gasteiger partial charge < -0.3 is 28.9 Å². The van der Waals surface area contributed by atoms with E-state index in [0.29, 0.717) is 13.2 Å². The minimum atomic E-state index is -2.20. The van der Waals surface area contributed by atoms with Crippen molar-refractivity contribution in [2.24, 2.45) is 0 Å². The van der Waals surface area contributed by atoms with Crippen LogP contribution in [0.3, 0.4) is 0 Å². The third-order valence-electron chi connectivity index (χ3n) is 12.1. The fraction of sp³-hybridized carbons (Fsp3) is 0.294. The molecule has 8 nitrogen and oxygen atoms in total. The van der Waals surface area contributed by atoms with Crippen LogP contribution < -0.4 is 24.3 Å². The van der Waals surface area contributed by atoms with Crippen LogP contribution in [0.1, 0.15) is 49.4 Å². The van der Waals surface area contributed by atoms with Gasteiger partial charge in [0.2, 0.25) is 11.4 Å². The number of hydrogen-bond donors (Lipinski definition) is 1. The second-order valence-corrected chi connectivity index (χ2v) is 22.9. The highest BCUT2D eigenvalue weighted by Gasteiger charge is 2.41. The zero-order chi connectivity index (χ0) is 43.2. The summed E-state index contributed by atoms with van der Waals surface area (Å²) in [6, 6.07) is 44.8. The second kappa shape index (κ2) is 18.7. The van der Waals surface area contributed by atoms with Crippen molar-refractivity contribution in [3.8, 4) is 11.5 Å². The molecule has 1 amide bonds. The number of methoxy groups -OCH3 is 2. The maximum Gasteiger partial charge on any atom is 0.226 e. The van der Waals surface area contributed by atoms with E-state index in [1.807, 2.05) is 66.7 Å². The van der Waals surface area contributed by atoms with Crippen LogP contribution in [0, 0.1) is 0 Å². The molecule has 1 aromatic heterocycles. The van der Waals surface area contributed by atoms with Gasteiger partial charge in [-0.05, 0) is 88.9 Å². The molecule has 0 spiro atoms. The lowest BCUT2D eigenvalue weighted by Gasteiger charge is -2.39. The van der Waals surface area contributed by atoms with Crippen molar-refractivity contribution in [1.82, 2.24) is 5.32 Å². The average Bonchev–Trinajstić information content (AvgIpc) is 3.59.